The van der Waals surface area contributed by atoms with Gasteiger partial charge in [-0.05, 0) is 37.5 Å². The van der Waals surface area contributed by atoms with Crippen LogP contribution in [-0.2, 0) is 9.59 Å². The van der Waals surface area contributed by atoms with Crippen molar-refractivity contribution >= 4 is 51.7 Å². The molecule has 0 unspecified atom stereocenters. The Bertz CT molecular complexity index is 746. The third-order valence-electron chi connectivity index (χ3n) is 3.74. The number of aryl methyl sites for hydroxylation is 1. The highest BCUT2D eigenvalue weighted by molar-refractivity contribution is 8.15. The normalized spacial score (nSPS) is 19.4. The van der Waals surface area contributed by atoms with Crippen molar-refractivity contribution in [3.05, 3.63) is 28.8 Å². The van der Waals surface area contributed by atoms with Crippen LogP contribution in [0.25, 0.3) is 0 Å². The van der Waals surface area contributed by atoms with Crippen molar-refractivity contribution in [1.29, 1.82) is 0 Å². The minimum atomic E-state index is -0.519. The molecule has 0 aliphatic carbocycles. The molecule has 1 aliphatic rings. The molecular weight excluding hydrogens is 360 g/mol. The molecule has 1 aliphatic heterocycles. The van der Waals surface area contributed by atoms with E-state index in [2.05, 4.69) is 20.8 Å². The summed E-state index contributed by atoms with van der Waals surface area (Å²) >= 11 is 7.26. The number of benzene rings is 1. The minimum absolute atomic E-state index is 0.0495. The average Bonchev–Trinajstić information content (AvgIpc) is 2.88. The van der Waals surface area contributed by atoms with Crippen LogP contribution in [0, 0.1) is 12.8 Å². The van der Waals surface area contributed by atoms with Gasteiger partial charge in [0.2, 0.25) is 11.8 Å². The van der Waals surface area contributed by atoms with Crippen LogP contribution in [-0.4, -0.2) is 27.9 Å². The molecule has 1 aromatic rings. The fourth-order valence-corrected chi connectivity index (χ4v) is 2.98. The number of hydrogen-bond donors (Lipinski definition) is 2. The Morgan fingerprint density at radius 1 is 1.44 bits per heavy atom. The predicted octanol–water partition coefficient (Wildman–Crippen LogP) is 3.60. The maximum Gasteiger partial charge on any atom is 0.240 e. The van der Waals surface area contributed by atoms with Crippen molar-refractivity contribution in [2.24, 2.45) is 16.1 Å². The van der Waals surface area contributed by atoms with E-state index in [1.54, 1.807) is 12.1 Å². The molecule has 2 amide bonds. The van der Waals surface area contributed by atoms with Crippen LogP contribution in [0.3, 0.4) is 0 Å². The van der Waals surface area contributed by atoms with E-state index in [0.29, 0.717) is 15.9 Å². The summed E-state index contributed by atoms with van der Waals surface area (Å²) in [7, 11) is 0. The number of carbonyl (C=O) groups is 2. The number of anilines is 1. The summed E-state index contributed by atoms with van der Waals surface area (Å²) in [5.41, 5.74) is 2.42. The fourth-order valence-electron chi connectivity index (χ4n) is 1.88. The molecule has 6 nitrogen and oxygen atoms in total. The first-order valence-corrected chi connectivity index (χ1v) is 9.17. The van der Waals surface area contributed by atoms with Crippen molar-refractivity contribution in [1.82, 2.24) is 5.32 Å². The van der Waals surface area contributed by atoms with E-state index in [0.717, 1.165) is 11.3 Å². The van der Waals surface area contributed by atoms with Gasteiger partial charge in [-0.1, -0.05) is 43.3 Å². The van der Waals surface area contributed by atoms with Gasteiger partial charge in [0, 0.05) is 22.8 Å². The molecule has 0 saturated carbocycles. The van der Waals surface area contributed by atoms with Crippen molar-refractivity contribution in [3.63, 3.8) is 0 Å². The lowest BCUT2D eigenvalue weighted by atomic mass is 10.1. The van der Waals surface area contributed by atoms with Crippen LogP contribution < -0.4 is 10.6 Å². The highest BCUT2D eigenvalue weighted by atomic mass is 35.5. The second-order valence-corrected chi connectivity index (χ2v) is 7.71. The number of carbonyl (C=O) groups excluding carboxylic acids is 2. The summed E-state index contributed by atoms with van der Waals surface area (Å²) in [5, 5.41) is 14.0. The molecule has 1 saturated heterocycles. The van der Waals surface area contributed by atoms with E-state index in [-0.39, 0.29) is 24.2 Å². The molecular formula is C17H21ClN4O2S. The number of rotatable bonds is 5. The summed E-state index contributed by atoms with van der Waals surface area (Å²) in [6, 6.07) is 5.29. The molecule has 0 spiro atoms. The van der Waals surface area contributed by atoms with Crippen LogP contribution >= 0.6 is 23.4 Å². The Labute approximate surface area is 156 Å². The summed E-state index contributed by atoms with van der Waals surface area (Å²) < 4.78 is 0. The lowest BCUT2D eigenvalue weighted by Gasteiger charge is -2.08. The van der Waals surface area contributed by atoms with E-state index in [1.807, 2.05) is 33.8 Å². The standard InChI is InChI=1S/C17H21ClN4O2S/c1-9(2)11(4)21-22-17-20-16(24)14(25-17)8-15(23)19-12-6-5-10(3)13(18)7-12/h5-7,9,14H,8H2,1-4H3,(H,19,23)(H,20,22,24)/b21-11-/t14-/m1/s1. The first kappa shape index (κ1) is 19.5. The second-order valence-electron chi connectivity index (χ2n) is 6.11. The summed E-state index contributed by atoms with van der Waals surface area (Å²) in [6.07, 6.45) is 0.0495. The Morgan fingerprint density at radius 3 is 2.80 bits per heavy atom. The molecule has 8 heteroatoms. The average molecular weight is 381 g/mol. The van der Waals surface area contributed by atoms with E-state index in [4.69, 9.17) is 11.6 Å². The number of halogens is 1. The van der Waals surface area contributed by atoms with Crippen LogP contribution in [0.4, 0.5) is 5.69 Å². The van der Waals surface area contributed by atoms with Gasteiger partial charge in [-0.2, -0.15) is 5.10 Å². The Morgan fingerprint density at radius 2 is 2.16 bits per heavy atom. The third kappa shape index (κ3) is 5.57. The van der Waals surface area contributed by atoms with Gasteiger partial charge in [0.25, 0.3) is 0 Å². The van der Waals surface area contributed by atoms with Gasteiger partial charge in [-0.3, -0.25) is 9.59 Å². The molecule has 1 atom stereocenters. The van der Waals surface area contributed by atoms with Crippen LogP contribution in [0.5, 0.6) is 0 Å². The maximum absolute atomic E-state index is 12.2. The predicted molar refractivity (Wildman–Crippen MR) is 104 cm³/mol. The highest BCUT2D eigenvalue weighted by Crippen LogP contribution is 2.24. The Balaban J connectivity index is 1.95. The van der Waals surface area contributed by atoms with Gasteiger partial charge in [0.15, 0.2) is 5.17 Å². The van der Waals surface area contributed by atoms with E-state index < -0.39 is 5.25 Å². The highest BCUT2D eigenvalue weighted by Gasteiger charge is 2.32. The Kier molecular flexibility index (Phi) is 6.61. The van der Waals surface area contributed by atoms with Crippen molar-refractivity contribution in [2.45, 2.75) is 39.4 Å². The molecule has 0 radical (unpaired) electrons. The zero-order chi connectivity index (χ0) is 18.6. The van der Waals surface area contributed by atoms with Gasteiger partial charge < -0.3 is 10.6 Å². The number of thioether (sulfide) groups is 1. The van der Waals surface area contributed by atoms with Gasteiger partial charge >= 0.3 is 0 Å². The van der Waals surface area contributed by atoms with E-state index in [1.165, 1.54) is 11.8 Å². The summed E-state index contributed by atoms with van der Waals surface area (Å²) in [5.74, 6) is -0.205. The molecule has 1 aromatic carbocycles. The first-order valence-electron chi connectivity index (χ1n) is 7.92. The van der Waals surface area contributed by atoms with Crippen LogP contribution in [0.2, 0.25) is 5.02 Å². The molecule has 1 fully saturated rings. The summed E-state index contributed by atoms with van der Waals surface area (Å²) in [4.78, 5) is 24.1. The molecule has 25 heavy (non-hydrogen) atoms. The number of amides is 2. The number of amidine groups is 1. The SMILES string of the molecule is C/C(=N/N=C1\NC(=O)[C@@H](CC(=O)Nc2ccc(C)c(Cl)c2)S1)C(C)C. The molecule has 0 aromatic heterocycles. The van der Waals surface area contributed by atoms with Gasteiger partial charge in [-0.25, -0.2) is 0 Å². The monoisotopic (exact) mass is 380 g/mol. The van der Waals surface area contributed by atoms with Crippen LogP contribution in [0.1, 0.15) is 32.8 Å². The first-order chi connectivity index (χ1) is 11.8. The van der Waals surface area contributed by atoms with Crippen LogP contribution in [0.15, 0.2) is 28.4 Å². The summed E-state index contributed by atoms with van der Waals surface area (Å²) in [6.45, 7) is 7.80. The van der Waals surface area contributed by atoms with E-state index in [9.17, 15) is 9.59 Å². The minimum Gasteiger partial charge on any atom is -0.326 e. The zero-order valence-corrected chi connectivity index (χ0v) is 16.2. The quantitative estimate of drug-likeness (QED) is 0.604. The van der Waals surface area contributed by atoms with Gasteiger partial charge in [0.1, 0.15) is 5.25 Å². The fraction of sp³-hybridized carbons (Fsp3) is 0.412. The van der Waals surface area contributed by atoms with Gasteiger partial charge in [0.05, 0.1) is 0 Å². The molecule has 2 N–H and O–H groups in total. The third-order valence-corrected chi connectivity index (χ3v) is 5.22. The topological polar surface area (TPSA) is 82.9 Å². The second kappa shape index (κ2) is 8.49. The number of nitrogens with zero attached hydrogens (tertiary/aromatic N) is 2. The van der Waals surface area contributed by atoms with Crippen molar-refractivity contribution < 1.29 is 9.59 Å². The van der Waals surface area contributed by atoms with Crippen molar-refractivity contribution in [3.8, 4) is 0 Å². The maximum atomic E-state index is 12.2. The molecule has 0 bridgehead atoms. The van der Waals surface area contributed by atoms with Gasteiger partial charge in [-0.15, -0.1) is 5.10 Å². The Hall–Kier alpha value is -1.86. The lowest BCUT2D eigenvalue weighted by molar-refractivity contribution is -0.122. The zero-order valence-electron chi connectivity index (χ0n) is 14.6. The molecule has 2 rings (SSSR count). The largest absolute Gasteiger partial charge is 0.326 e. The van der Waals surface area contributed by atoms with E-state index >= 15 is 0 Å². The molecule has 1 heterocycles. The number of hydrogen-bond acceptors (Lipinski definition) is 5. The smallest absolute Gasteiger partial charge is 0.240 e. The molecule has 134 valence electrons. The van der Waals surface area contributed by atoms with Crippen molar-refractivity contribution in [2.75, 3.05) is 5.32 Å². The number of nitrogens with one attached hydrogen (secondary N) is 2. The lowest BCUT2D eigenvalue weighted by Crippen LogP contribution is -2.28.